The molecule has 0 saturated heterocycles. The van der Waals surface area contributed by atoms with Gasteiger partial charge in [-0.1, -0.05) is 19.1 Å². The Labute approximate surface area is 98.2 Å². The van der Waals surface area contributed by atoms with Gasteiger partial charge < -0.3 is 10.2 Å². The smallest absolute Gasteiger partial charge is 0.219 e. The van der Waals surface area contributed by atoms with Crippen molar-refractivity contribution in [2.75, 3.05) is 7.05 Å². The van der Waals surface area contributed by atoms with E-state index in [0.29, 0.717) is 0 Å². The fourth-order valence-electron chi connectivity index (χ4n) is 1.31. The Morgan fingerprint density at radius 1 is 1.47 bits per heavy atom. The minimum Gasteiger partial charge on any atom is -0.373 e. The number of thiocarbonyl (C=S) groups is 1. The fraction of sp³-hybridized carbons (Fsp3) is 0.818. The molecule has 0 aliphatic carbocycles. The third-order valence-corrected chi connectivity index (χ3v) is 2.53. The van der Waals surface area contributed by atoms with Crippen molar-refractivity contribution in [3.05, 3.63) is 0 Å². The van der Waals surface area contributed by atoms with E-state index in [0.717, 1.165) is 11.4 Å². The predicted molar refractivity (Wildman–Crippen MR) is 68.0 cm³/mol. The van der Waals surface area contributed by atoms with Gasteiger partial charge >= 0.3 is 0 Å². The van der Waals surface area contributed by atoms with E-state index in [1.807, 2.05) is 6.92 Å². The Kier molecular flexibility index (Phi) is 5.21. The number of carbonyl (C=O) groups excluding carboxylic acids is 1. The molecule has 15 heavy (non-hydrogen) atoms. The maximum Gasteiger partial charge on any atom is 0.219 e. The molecule has 1 amide bonds. The number of hydrogen-bond acceptors (Lipinski definition) is 2. The van der Waals surface area contributed by atoms with Crippen molar-refractivity contribution in [2.45, 2.75) is 52.6 Å². The molecule has 3 nitrogen and oxygen atoms in total. The lowest BCUT2D eigenvalue weighted by Crippen LogP contribution is -2.51. The van der Waals surface area contributed by atoms with Crippen molar-refractivity contribution in [1.29, 1.82) is 0 Å². The third-order valence-electron chi connectivity index (χ3n) is 2.15. The van der Waals surface area contributed by atoms with Crippen LogP contribution < -0.4 is 5.32 Å². The summed E-state index contributed by atoms with van der Waals surface area (Å²) in [5, 5.41) is 3.24. The van der Waals surface area contributed by atoms with Crippen LogP contribution in [0.25, 0.3) is 0 Å². The van der Waals surface area contributed by atoms with Crippen molar-refractivity contribution < 1.29 is 4.79 Å². The zero-order chi connectivity index (χ0) is 12.2. The monoisotopic (exact) mass is 230 g/mol. The van der Waals surface area contributed by atoms with Crippen LogP contribution in [0.1, 0.15) is 41.0 Å². The summed E-state index contributed by atoms with van der Waals surface area (Å²) in [6.45, 7) is 9.75. The minimum atomic E-state index is -0.0534. The largest absolute Gasteiger partial charge is 0.373 e. The molecule has 0 aromatic rings. The molecular weight excluding hydrogens is 208 g/mol. The standard InChI is InChI=1S/C11H22N2OS/c1-7-9(13(6)8(2)14)10(15)12-11(3,4)5/h9H,7H2,1-6H3,(H,12,15)/t9-/m0/s1. The number of hydrogen-bond donors (Lipinski definition) is 1. The SMILES string of the molecule is CC[C@@H](C(=S)NC(C)(C)C)N(C)C(C)=O. The summed E-state index contributed by atoms with van der Waals surface area (Å²) in [6.07, 6.45) is 0.831. The first-order valence-corrected chi connectivity index (χ1v) is 5.65. The summed E-state index contributed by atoms with van der Waals surface area (Å²) in [7, 11) is 1.78. The van der Waals surface area contributed by atoms with Crippen LogP contribution >= 0.6 is 12.2 Å². The molecule has 1 atom stereocenters. The molecule has 0 aromatic heterocycles. The van der Waals surface area contributed by atoms with Gasteiger partial charge in [0.05, 0.1) is 11.0 Å². The second kappa shape index (κ2) is 5.45. The molecule has 0 rings (SSSR count). The maximum atomic E-state index is 11.3. The molecule has 0 radical (unpaired) electrons. The summed E-state index contributed by atoms with van der Waals surface area (Å²) in [6, 6.07) is -0.00303. The number of nitrogens with one attached hydrogen (secondary N) is 1. The highest BCUT2D eigenvalue weighted by Gasteiger charge is 2.22. The normalized spacial score (nSPS) is 13.2. The topological polar surface area (TPSA) is 32.3 Å². The van der Waals surface area contributed by atoms with Crippen LogP contribution in [0.4, 0.5) is 0 Å². The van der Waals surface area contributed by atoms with Gasteiger partial charge in [0.1, 0.15) is 0 Å². The quantitative estimate of drug-likeness (QED) is 0.752. The van der Waals surface area contributed by atoms with Gasteiger partial charge in [0, 0.05) is 19.5 Å². The van der Waals surface area contributed by atoms with E-state index in [4.69, 9.17) is 12.2 Å². The Balaban J connectivity index is 4.55. The van der Waals surface area contributed by atoms with Gasteiger partial charge in [-0.3, -0.25) is 4.79 Å². The lowest BCUT2D eigenvalue weighted by Gasteiger charge is -2.31. The molecule has 0 aliphatic rings. The van der Waals surface area contributed by atoms with E-state index < -0.39 is 0 Å². The molecule has 0 spiro atoms. The Morgan fingerprint density at radius 3 is 2.20 bits per heavy atom. The van der Waals surface area contributed by atoms with Crippen molar-refractivity contribution in [3.8, 4) is 0 Å². The molecule has 0 aliphatic heterocycles. The maximum absolute atomic E-state index is 11.3. The zero-order valence-electron chi connectivity index (χ0n) is 10.5. The average Bonchev–Trinajstić information content (AvgIpc) is 2.01. The van der Waals surface area contributed by atoms with Crippen molar-refractivity contribution >= 4 is 23.1 Å². The van der Waals surface area contributed by atoms with Crippen molar-refractivity contribution in [2.24, 2.45) is 0 Å². The highest BCUT2D eigenvalue weighted by atomic mass is 32.1. The zero-order valence-corrected chi connectivity index (χ0v) is 11.4. The summed E-state index contributed by atoms with van der Waals surface area (Å²) >= 11 is 5.31. The second-order valence-corrected chi connectivity index (χ2v) is 5.23. The molecule has 0 bridgehead atoms. The van der Waals surface area contributed by atoms with Gasteiger partial charge in [0.25, 0.3) is 0 Å². The summed E-state index contributed by atoms with van der Waals surface area (Å²) in [5.41, 5.74) is -0.0534. The van der Waals surface area contributed by atoms with E-state index >= 15 is 0 Å². The molecule has 0 aromatic carbocycles. The van der Waals surface area contributed by atoms with E-state index in [1.54, 1.807) is 18.9 Å². The number of likely N-dealkylation sites (N-methyl/N-ethyl adjacent to an activating group) is 1. The minimum absolute atomic E-state index is 0.00303. The van der Waals surface area contributed by atoms with Crippen molar-refractivity contribution in [3.63, 3.8) is 0 Å². The van der Waals surface area contributed by atoms with Crippen LogP contribution in [0.3, 0.4) is 0 Å². The van der Waals surface area contributed by atoms with E-state index in [9.17, 15) is 4.79 Å². The number of nitrogens with zero attached hydrogens (tertiary/aromatic N) is 1. The number of amides is 1. The highest BCUT2D eigenvalue weighted by molar-refractivity contribution is 7.80. The van der Waals surface area contributed by atoms with E-state index in [1.165, 1.54) is 0 Å². The summed E-state index contributed by atoms with van der Waals surface area (Å²) in [5.74, 6) is 0.0416. The molecule has 4 heteroatoms. The van der Waals surface area contributed by atoms with Crippen LogP contribution in [0.15, 0.2) is 0 Å². The van der Waals surface area contributed by atoms with Gasteiger partial charge in [-0.2, -0.15) is 0 Å². The van der Waals surface area contributed by atoms with E-state index in [2.05, 4.69) is 26.1 Å². The van der Waals surface area contributed by atoms with Crippen LogP contribution in [0.2, 0.25) is 0 Å². The number of rotatable bonds is 3. The second-order valence-electron chi connectivity index (χ2n) is 4.79. The van der Waals surface area contributed by atoms with Crippen LogP contribution in [0.5, 0.6) is 0 Å². The first-order valence-electron chi connectivity index (χ1n) is 5.24. The van der Waals surface area contributed by atoms with Gasteiger partial charge in [0.15, 0.2) is 0 Å². The van der Waals surface area contributed by atoms with Crippen molar-refractivity contribution in [1.82, 2.24) is 10.2 Å². The molecule has 0 saturated carbocycles. The summed E-state index contributed by atoms with van der Waals surface area (Å²) < 4.78 is 0. The van der Waals surface area contributed by atoms with Gasteiger partial charge in [-0.25, -0.2) is 0 Å². The Morgan fingerprint density at radius 2 is 1.93 bits per heavy atom. The summed E-state index contributed by atoms with van der Waals surface area (Å²) in [4.78, 5) is 13.7. The molecule has 0 heterocycles. The molecule has 88 valence electrons. The number of carbonyl (C=O) groups is 1. The highest BCUT2D eigenvalue weighted by Crippen LogP contribution is 2.07. The molecule has 0 unspecified atom stereocenters. The Bertz CT molecular complexity index is 245. The predicted octanol–water partition coefficient (Wildman–Crippen LogP) is 1.96. The van der Waals surface area contributed by atoms with Gasteiger partial charge in [-0.15, -0.1) is 0 Å². The van der Waals surface area contributed by atoms with Gasteiger partial charge in [0.2, 0.25) is 5.91 Å². The first kappa shape index (κ1) is 14.4. The molecule has 0 fully saturated rings. The Hall–Kier alpha value is -0.640. The average molecular weight is 230 g/mol. The fourth-order valence-corrected chi connectivity index (χ4v) is 1.94. The van der Waals surface area contributed by atoms with E-state index in [-0.39, 0.29) is 17.5 Å². The lowest BCUT2D eigenvalue weighted by atomic mass is 10.1. The third kappa shape index (κ3) is 5.11. The first-order chi connectivity index (χ1) is 6.69. The molecule has 1 N–H and O–H groups in total. The lowest BCUT2D eigenvalue weighted by molar-refractivity contribution is -0.128. The van der Waals surface area contributed by atoms with Crippen LogP contribution in [-0.4, -0.2) is 34.4 Å². The molecular formula is C11H22N2OS. The van der Waals surface area contributed by atoms with Crippen LogP contribution in [0, 0.1) is 0 Å². The van der Waals surface area contributed by atoms with Gasteiger partial charge in [-0.05, 0) is 27.2 Å². The van der Waals surface area contributed by atoms with Crippen LogP contribution in [-0.2, 0) is 4.79 Å².